The van der Waals surface area contributed by atoms with Gasteiger partial charge in [-0.1, -0.05) is 6.08 Å². The molecule has 5 nitrogen and oxygen atoms in total. The SMILES string of the molecule is CC1(C)OB(C(=Cc2ccc[n+]([O-])c2)CO)OC1(C)C. The summed E-state index contributed by atoms with van der Waals surface area (Å²) >= 11 is 0. The van der Waals surface area contributed by atoms with Gasteiger partial charge in [0.25, 0.3) is 0 Å². The van der Waals surface area contributed by atoms with Crippen LogP contribution in [0, 0.1) is 5.21 Å². The molecule has 1 fully saturated rings. The van der Waals surface area contributed by atoms with E-state index in [0.29, 0.717) is 15.8 Å². The highest BCUT2D eigenvalue weighted by Gasteiger charge is 2.52. The first-order valence-corrected chi connectivity index (χ1v) is 6.61. The molecule has 0 aliphatic carbocycles. The molecule has 0 aromatic carbocycles. The molecule has 0 unspecified atom stereocenters. The Morgan fingerprint density at radius 2 is 1.95 bits per heavy atom. The zero-order chi connectivity index (χ0) is 15.0. The van der Waals surface area contributed by atoms with Gasteiger partial charge in [-0.15, -0.1) is 0 Å². The fourth-order valence-electron chi connectivity index (χ4n) is 1.95. The highest BCUT2D eigenvalue weighted by molar-refractivity contribution is 6.55. The lowest BCUT2D eigenvalue weighted by Gasteiger charge is -2.32. The maximum Gasteiger partial charge on any atom is 0.492 e. The lowest BCUT2D eigenvalue weighted by molar-refractivity contribution is -0.605. The fourth-order valence-corrected chi connectivity index (χ4v) is 1.95. The van der Waals surface area contributed by atoms with Gasteiger partial charge >= 0.3 is 7.12 Å². The zero-order valence-corrected chi connectivity index (χ0v) is 12.3. The number of aromatic nitrogens is 1. The van der Waals surface area contributed by atoms with E-state index < -0.39 is 18.3 Å². The fraction of sp³-hybridized carbons (Fsp3) is 0.500. The molecule has 2 heterocycles. The Morgan fingerprint density at radius 3 is 2.45 bits per heavy atom. The standard InChI is InChI=1S/C14H20BNO4/c1-13(2)14(3,4)20-15(19-13)12(10-17)8-11-6-5-7-16(18)9-11/h5-9,17H,10H2,1-4H3. The molecule has 1 aliphatic heterocycles. The van der Waals surface area contributed by atoms with Crippen LogP contribution >= 0.6 is 0 Å². The van der Waals surface area contributed by atoms with E-state index >= 15 is 0 Å². The van der Waals surface area contributed by atoms with Crippen LogP contribution in [0.4, 0.5) is 0 Å². The number of aliphatic hydroxyl groups excluding tert-OH is 1. The monoisotopic (exact) mass is 277 g/mol. The summed E-state index contributed by atoms with van der Waals surface area (Å²) in [4.78, 5) is 0. The first kappa shape index (κ1) is 15.0. The highest BCUT2D eigenvalue weighted by Crippen LogP contribution is 2.38. The number of hydrogen-bond acceptors (Lipinski definition) is 4. The normalized spacial score (nSPS) is 21.2. The summed E-state index contributed by atoms with van der Waals surface area (Å²) in [6.07, 6.45) is 4.56. The Labute approximate surface area is 119 Å². The predicted octanol–water partition coefficient (Wildman–Crippen LogP) is 1.33. The summed E-state index contributed by atoms with van der Waals surface area (Å²) in [5, 5.41) is 20.8. The van der Waals surface area contributed by atoms with Gasteiger partial charge in [0.15, 0.2) is 12.4 Å². The highest BCUT2D eigenvalue weighted by atomic mass is 16.7. The first-order valence-electron chi connectivity index (χ1n) is 6.61. The van der Waals surface area contributed by atoms with Crippen LogP contribution in [0.15, 0.2) is 30.0 Å². The molecule has 108 valence electrons. The molecule has 0 saturated carbocycles. The quantitative estimate of drug-likeness (QED) is 0.514. The Bertz CT molecular complexity index is 512. The minimum Gasteiger partial charge on any atom is -0.619 e. The Hall–Kier alpha value is -1.37. The van der Waals surface area contributed by atoms with Gasteiger partial charge in [-0.3, -0.25) is 0 Å². The van der Waals surface area contributed by atoms with Crippen molar-refractivity contribution in [3.05, 3.63) is 40.8 Å². The van der Waals surface area contributed by atoms with E-state index in [9.17, 15) is 10.3 Å². The third kappa shape index (κ3) is 2.87. The van der Waals surface area contributed by atoms with Crippen LogP contribution in [0.25, 0.3) is 6.08 Å². The van der Waals surface area contributed by atoms with E-state index in [-0.39, 0.29) is 6.61 Å². The van der Waals surface area contributed by atoms with Crippen molar-refractivity contribution in [1.29, 1.82) is 0 Å². The van der Waals surface area contributed by atoms with Crippen molar-refractivity contribution >= 4 is 13.2 Å². The van der Waals surface area contributed by atoms with Crippen LogP contribution in [-0.4, -0.2) is 30.0 Å². The Morgan fingerprint density at radius 1 is 1.35 bits per heavy atom. The summed E-state index contributed by atoms with van der Waals surface area (Å²) in [5.74, 6) is 0. The molecule has 0 amide bonds. The lowest BCUT2D eigenvalue weighted by atomic mass is 9.77. The Balaban J connectivity index is 2.26. The molecule has 20 heavy (non-hydrogen) atoms. The van der Waals surface area contributed by atoms with Crippen molar-refractivity contribution in [2.45, 2.75) is 38.9 Å². The summed E-state index contributed by atoms with van der Waals surface area (Å²) in [5.41, 5.74) is 0.374. The minimum absolute atomic E-state index is 0.190. The van der Waals surface area contributed by atoms with Crippen LogP contribution in [0.5, 0.6) is 0 Å². The van der Waals surface area contributed by atoms with Crippen molar-refractivity contribution < 1.29 is 19.1 Å². The molecule has 0 spiro atoms. The van der Waals surface area contributed by atoms with Gasteiger partial charge in [-0.05, 0) is 39.2 Å². The van der Waals surface area contributed by atoms with Gasteiger partial charge in [-0.25, -0.2) is 0 Å². The number of rotatable bonds is 3. The van der Waals surface area contributed by atoms with E-state index in [1.54, 1.807) is 18.2 Å². The molecular formula is C14H20BNO4. The number of aliphatic hydroxyl groups is 1. The van der Waals surface area contributed by atoms with E-state index in [2.05, 4.69) is 0 Å². The molecule has 0 bridgehead atoms. The van der Waals surface area contributed by atoms with E-state index in [4.69, 9.17) is 9.31 Å². The number of pyridine rings is 1. The third-order valence-electron chi connectivity index (χ3n) is 3.89. The molecule has 0 atom stereocenters. The molecule has 1 saturated heterocycles. The maximum absolute atomic E-state index is 11.2. The van der Waals surface area contributed by atoms with Crippen LogP contribution < -0.4 is 4.73 Å². The van der Waals surface area contributed by atoms with Gasteiger partial charge in [-0.2, -0.15) is 4.73 Å². The summed E-state index contributed by atoms with van der Waals surface area (Å²) < 4.78 is 12.5. The summed E-state index contributed by atoms with van der Waals surface area (Å²) in [7, 11) is -0.606. The number of nitrogens with zero attached hydrogens (tertiary/aromatic N) is 1. The van der Waals surface area contributed by atoms with E-state index in [1.165, 1.54) is 12.4 Å². The maximum atomic E-state index is 11.2. The second-order valence-electron chi connectivity index (χ2n) is 5.96. The van der Waals surface area contributed by atoms with Crippen LogP contribution in [0.1, 0.15) is 33.3 Å². The second-order valence-corrected chi connectivity index (χ2v) is 5.96. The first-order chi connectivity index (χ1) is 9.25. The minimum atomic E-state index is -0.606. The molecule has 1 aliphatic rings. The van der Waals surface area contributed by atoms with Crippen molar-refractivity contribution in [3.63, 3.8) is 0 Å². The molecule has 6 heteroatoms. The largest absolute Gasteiger partial charge is 0.619 e. The van der Waals surface area contributed by atoms with E-state index in [1.807, 2.05) is 27.7 Å². The van der Waals surface area contributed by atoms with Gasteiger partial charge in [0.1, 0.15) is 0 Å². The van der Waals surface area contributed by atoms with Crippen molar-refractivity contribution in [3.8, 4) is 0 Å². The topological polar surface area (TPSA) is 65.6 Å². The van der Waals surface area contributed by atoms with Crippen LogP contribution in [-0.2, 0) is 9.31 Å². The molecule has 1 aromatic heterocycles. The second kappa shape index (κ2) is 5.20. The molecule has 0 radical (unpaired) electrons. The smallest absolute Gasteiger partial charge is 0.492 e. The predicted molar refractivity (Wildman–Crippen MR) is 76.5 cm³/mol. The zero-order valence-electron chi connectivity index (χ0n) is 12.3. The van der Waals surface area contributed by atoms with Crippen LogP contribution in [0.3, 0.4) is 0 Å². The van der Waals surface area contributed by atoms with E-state index in [0.717, 1.165) is 0 Å². The van der Waals surface area contributed by atoms with Crippen molar-refractivity contribution in [2.75, 3.05) is 6.61 Å². The van der Waals surface area contributed by atoms with Crippen molar-refractivity contribution in [2.24, 2.45) is 0 Å². The average Bonchev–Trinajstić information content (AvgIpc) is 2.55. The molecule has 1 N–H and O–H groups in total. The Kier molecular flexibility index (Phi) is 3.91. The van der Waals surface area contributed by atoms with Crippen LogP contribution in [0.2, 0.25) is 0 Å². The summed E-state index contributed by atoms with van der Waals surface area (Å²) in [6, 6.07) is 3.44. The van der Waals surface area contributed by atoms with Crippen molar-refractivity contribution in [1.82, 2.24) is 0 Å². The van der Waals surface area contributed by atoms with Gasteiger partial charge in [0.05, 0.1) is 17.8 Å². The average molecular weight is 277 g/mol. The third-order valence-corrected chi connectivity index (χ3v) is 3.89. The van der Waals surface area contributed by atoms with Gasteiger partial charge in [0, 0.05) is 11.6 Å². The number of hydrogen-bond donors (Lipinski definition) is 1. The molecular weight excluding hydrogens is 257 g/mol. The summed E-state index contributed by atoms with van der Waals surface area (Å²) in [6.45, 7) is 7.63. The molecule has 1 aromatic rings. The molecule has 2 rings (SSSR count). The van der Waals surface area contributed by atoms with Gasteiger partial charge in [0.2, 0.25) is 0 Å². The van der Waals surface area contributed by atoms with Gasteiger partial charge < -0.3 is 19.6 Å². The lowest BCUT2D eigenvalue weighted by Crippen LogP contribution is -2.41.